The smallest absolute Gasteiger partial charge is 0.118 e. The normalized spacial score (nSPS) is 11.3. The number of hydrogen-bond acceptors (Lipinski definition) is 4. The van der Waals surface area contributed by atoms with Crippen LogP contribution in [0.5, 0.6) is 0 Å². The van der Waals surface area contributed by atoms with Crippen molar-refractivity contribution in [2.45, 2.75) is 26.6 Å². The summed E-state index contributed by atoms with van der Waals surface area (Å²) >= 11 is 1.74. The average Bonchev–Trinajstić information content (AvgIpc) is 2.98. The van der Waals surface area contributed by atoms with Crippen molar-refractivity contribution in [2.24, 2.45) is 0 Å². The summed E-state index contributed by atoms with van der Waals surface area (Å²) in [5.74, 6) is 2.04. The summed E-state index contributed by atoms with van der Waals surface area (Å²) in [5.41, 5.74) is 1.36. The van der Waals surface area contributed by atoms with E-state index >= 15 is 0 Å². The number of hydrogen-bond donors (Lipinski definition) is 1. The van der Waals surface area contributed by atoms with Crippen molar-refractivity contribution in [1.29, 1.82) is 0 Å². The van der Waals surface area contributed by atoms with Crippen molar-refractivity contribution in [3.05, 3.63) is 46.0 Å². The second-order valence-corrected chi connectivity index (χ2v) is 5.23. The monoisotopic (exact) mass is 264 g/mol. The summed E-state index contributed by atoms with van der Waals surface area (Å²) < 4.78 is 5.77. The molecule has 3 nitrogen and oxygen atoms in total. The molecule has 0 saturated heterocycles. The number of furan rings is 1. The maximum Gasteiger partial charge on any atom is 0.118 e. The van der Waals surface area contributed by atoms with Crippen LogP contribution in [0, 0.1) is 0 Å². The molecule has 1 N–H and O–H groups in total. The Bertz CT molecular complexity index is 450. The standard InChI is InChI=1S/C14H20N2OS/c1-3-15-8-13-4-5-14(17-13)10-16(2)9-12-6-7-18-11-12/h4-7,11,15H,3,8-10H2,1-2H3. The summed E-state index contributed by atoms with van der Waals surface area (Å²) in [6, 6.07) is 6.28. The van der Waals surface area contributed by atoms with Crippen LogP contribution in [0.1, 0.15) is 24.0 Å². The zero-order chi connectivity index (χ0) is 12.8. The van der Waals surface area contributed by atoms with Gasteiger partial charge >= 0.3 is 0 Å². The summed E-state index contributed by atoms with van der Waals surface area (Å²) in [4.78, 5) is 2.26. The highest BCUT2D eigenvalue weighted by atomic mass is 32.1. The molecule has 2 rings (SSSR count). The van der Waals surface area contributed by atoms with Gasteiger partial charge in [0, 0.05) is 6.54 Å². The minimum Gasteiger partial charge on any atom is -0.463 e. The van der Waals surface area contributed by atoms with Gasteiger partial charge in [-0.25, -0.2) is 0 Å². The fraction of sp³-hybridized carbons (Fsp3) is 0.429. The topological polar surface area (TPSA) is 28.4 Å². The molecule has 0 radical (unpaired) electrons. The highest BCUT2D eigenvalue weighted by Crippen LogP contribution is 2.13. The van der Waals surface area contributed by atoms with Gasteiger partial charge in [0.25, 0.3) is 0 Å². The molecule has 0 aliphatic rings. The number of nitrogens with one attached hydrogen (secondary N) is 1. The first-order valence-corrected chi connectivity index (χ1v) is 7.20. The Morgan fingerprint density at radius 1 is 1.22 bits per heavy atom. The number of thiophene rings is 1. The van der Waals surface area contributed by atoms with Crippen LogP contribution < -0.4 is 5.32 Å². The first kappa shape index (κ1) is 13.3. The van der Waals surface area contributed by atoms with Crippen LogP contribution >= 0.6 is 11.3 Å². The second kappa shape index (κ2) is 6.73. The SMILES string of the molecule is CCNCc1ccc(CN(C)Cc2ccsc2)o1. The van der Waals surface area contributed by atoms with Crippen LogP contribution in [-0.4, -0.2) is 18.5 Å². The van der Waals surface area contributed by atoms with Crippen molar-refractivity contribution in [3.63, 3.8) is 0 Å². The Hall–Kier alpha value is -1.10. The van der Waals surface area contributed by atoms with Crippen molar-refractivity contribution in [3.8, 4) is 0 Å². The van der Waals surface area contributed by atoms with Crippen LogP contribution in [0.15, 0.2) is 33.4 Å². The molecule has 0 aliphatic heterocycles. The molecule has 18 heavy (non-hydrogen) atoms. The highest BCUT2D eigenvalue weighted by molar-refractivity contribution is 7.07. The molecule has 2 aromatic heterocycles. The molecule has 0 saturated carbocycles. The van der Waals surface area contributed by atoms with Crippen LogP contribution in [0.4, 0.5) is 0 Å². The van der Waals surface area contributed by atoms with Gasteiger partial charge < -0.3 is 9.73 Å². The van der Waals surface area contributed by atoms with E-state index in [1.165, 1.54) is 5.56 Å². The van der Waals surface area contributed by atoms with Gasteiger partial charge in [0.05, 0.1) is 13.1 Å². The summed E-state index contributed by atoms with van der Waals surface area (Å²) in [6.45, 7) is 5.69. The maximum atomic E-state index is 5.77. The fourth-order valence-corrected chi connectivity index (χ4v) is 2.53. The lowest BCUT2D eigenvalue weighted by Gasteiger charge is -2.13. The van der Waals surface area contributed by atoms with E-state index in [1.807, 2.05) is 0 Å². The van der Waals surface area contributed by atoms with E-state index in [4.69, 9.17) is 4.42 Å². The summed E-state index contributed by atoms with van der Waals surface area (Å²) in [6.07, 6.45) is 0. The molecule has 0 spiro atoms. The molecular weight excluding hydrogens is 244 g/mol. The highest BCUT2D eigenvalue weighted by Gasteiger charge is 2.06. The maximum absolute atomic E-state index is 5.77. The van der Waals surface area contributed by atoms with Crippen LogP contribution in [0.25, 0.3) is 0 Å². The fourth-order valence-electron chi connectivity index (χ4n) is 1.87. The zero-order valence-corrected chi connectivity index (χ0v) is 11.8. The minimum absolute atomic E-state index is 0.810. The van der Waals surface area contributed by atoms with Gasteiger partial charge in [0.2, 0.25) is 0 Å². The van der Waals surface area contributed by atoms with E-state index < -0.39 is 0 Å². The predicted octanol–water partition coefficient (Wildman–Crippen LogP) is 3.08. The van der Waals surface area contributed by atoms with Gasteiger partial charge in [-0.2, -0.15) is 11.3 Å². The van der Waals surface area contributed by atoms with Crippen molar-refractivity contribution >= 4 is 11.3 Å². The van der Waals surface area contributed by atoms with Gasteiger partial charge in [-0.3, -0.25) is 4.90 Å². The Kier molecular flexibility index (Phi) is 4.99. The molecule has 0 amide bonds. The lowest BCUT2D eigenvalue weighted by atomic mass is 10.3. The lowest BCUT2D eigenvalue weighted by molar-refractivity contribution is 0.283. The molecular formula is C14H20N2OS. The van der Waals surface area contributed by atoms with Gasteiger partial charge in [0.15, 0.2) is 0 Å². The molecule has 2 heterocycles. The van der Waals surface area contributed by atoms with E-state index in [0.717, 1.165) is 37.7 Å². The van der Waals surface area contributed by atoms with Crippen molar-refractivity contribution in [1.82, 2.24) is 10.2 Å². The molecule has 0 atom stereocenters. The van der Waals surface area contributed by atoms with Crippen molar-refractivity contribution in [2.75, 3.05) is 13.6 Å². The van der Waals surface area contributed by atoms with E-state index in [9.17, 15) is 0 Å². The molecule has 0 bridgehead atoms. The second-order valence-electron chi connectivity index (χ2n) is 4.45. The molecule has 0 unspecified atom stereocenters. The third-order valence-corrected chi connectivity index (χ3v) is 3.46. The third kappa shape index (κ3) is 3.98. The average molecular weight is 264 g/mol. The molecule has 0 fully saturated rings. The molecule has 2 aromatic rings. The van der Waals surface area contributed by atoms with Gasteiger partial charge in [-0.15, -0.1) is 0 Å². The lowest BCUT2D eigenvalue weighted by Crippen LogP contribution is -2.16. The first-order valence-electron chi connectivity index (χ1n) is 6.26. The first-order chi connectivity index (χ1) is 8.78. The van der Waals surface area contributed by atoms with Gasteiger partial charge in [-0.05, 0) is 48.1 Å². The third-order valence-electron chi connectivity index (χ3n) is 2.72. The van der Waals surface area contributed by atoms with Crippen LogP contribution in [0.2, 0.25) is 0 Å². The summed E-state index contributed by atoms with van der Waals surface area (Å²) in [5, 5.41) is 7.57. The molecule has 4 heteroatoms. The largest absolute Gasteiger partial charge is 0.463 e. The van der Waals surface area contributed by atoms with Crippen LogP contribution in [0.3, 0.4) is 0 Å². The van der Waals surface area contributed by atoms with Gasteiger partial charge in [-0.1, -0.05) is 6.92 Å². The predicted molar refractivity (Wildman–Crippen MR) is 75.6 cm³/mol. The quantitative estimate of drug-likeness (QED) is 0.833. The number of rotatable bonds is 7. The van der Waals surface area contributed by atoms with E-state index in [0.29, 0.717) is 0 Å². The molecule has 98 valence electrons. The minimum atomic E-state index is 0.810. The molecule has 0 aromatic carbocycles. The Balaban J connectivity index is 1.83. The Labute approximate surface area is 112 Å². The number of nitrogens with zero attached hydrogens (tertiary/aromatic N) is 1. The van der Waals surface area contributed by atoms with Crippen LogP contribution in [-0.2, 0) is 19.6 Å². The van der Waals surface area contributed by atoms with E-state index in [-0.39, 0.29) is 0 Å². The zero-order valence-electron chi connectivity index (χ0n) is 11.0. The Morgan fingerprint density at radius 3 is 2.78 bits per heavy atom. The van der Waals surface area contributed by atoms with Crippen molar-refractivity contribution < 1.29 is 4.42 Å². The van der Waals surface area contributed by atoms with Gasteiger partial charge in [0.1, 0.15) is 11.5 Å². The van der Waals surface area contributed by atoms with E-state index in [1.54, 1.807) is 11.3 Å². The Morgan fingerprint density at radius 2 is 2.06 bits per heavy atom. The summed E-state index contributed by atoms with van der Waals surface area (Å²) in [7, 11) is 2.12. The molecule has 0 aliphatic carbocycles. The van der Waals surface area contributed by atoms with E-state index in [2.05, 4.69) is 53.1 Å².